The lowest BCUT2D eigenvalue weighted by Gasteiger charge is -2.35. The molecule has 1 aromatic carbocycles. The van der Waals surface area contributed by atoms with Crippen LogP contribution < -0.4 is 10.6 Å². The van der Waals surface area contributed by atoms with Crippen LogP contribution in [0.1, 0.15) is 18.9 Å². The molecule has 0 unspecified atom stereocenters. The van der Waals surface area contributed by atoms with E-state index in [1.165, 1.54) is 0 Å². The number of amides is 1. The Morgan fingerprint density at radius 2 is 2.19 bits per heavy atom. The second kappa shape index (κ2) is 6.74. The van der Waals surface area contributed by atoms with Crippen LogP contribution in [0.5, 0.6) is 0 Å². The molecular formula is C19H22N2O5. The zero-order valence-electron chi connectivity index (χ0n) is 14.5. The third kappa shape index (κ3) is 2.87. The first-order valence-electron chi connectivity index (χ1n) is 8.89. The molecule has 7 heteroatoms. The molecule has 3 aliphatic rings. The number of nitrogens with one attached hydrogen (secondary N) is 2. The van der Waals surface area contributed by atoms with Crippen LogP contribution in [-0.2, 0) is 25.5 Å². The Hall–Kier alpha value is -2.38. The number of esters is 1. The van der Waals surface area contributed by atoms with Crippen molar-refractivity contribution in [2.45, 2.75) is 49.8 Å². The van der Waals surface area contributed by atoms with Gasteiger partial charge in [0.05, 0.1) is 12.7 Å². The SMILES string of the molecule is CCOC(=O)[C@H](NCc1ccccc1)[C@@H]1NC(=O)O[C@@]12C[C@H]1C=C[C@@H]2O1. The molecule has 0 aromatic heterocycles. The van der Waals surface area contributed by atoms with Crippen LogP contribution in [0, 0.1) is 0 Å². The lowest BCUT2D eigenvalue weighted by Crippen LogP contribution is -2.62. The monoisotopic (exact) mass is 358 g/mol. The van der Waals surface area contributed by atoms with E-state index in [1.54, 1.807) is 6.92 Å². The summed E-state index contributed by atoms with van der Waals surface area (Å²) >= 11 is 0. The predicted molar refractivity (Wildman–Crippen MR) is 92.3 cm³/mol. The lowest BCUT2D eigenvalue weighted by molar-refractivity contribution is -0.148. The molecule has 26 heavy (non-hydrogen) atoms. The summed E-state index contributed by atoms with van der Waals surface area (Å²) in [5.74, 6) is -0.412. The van der Waals surface area contributed by atoms with Crippen molar-refractivity contribution in [3.05, 3.63) is 48.0 Å². The quantitative estimate of drug-likeness (QED) is 0.589. The molecule has 0 aliphatic carbocycles. The Morgan fingerprint density at radius 3 is 2.85 bits per heavy atom. The van der Waals surface area contributed by atoms with E-state index in [0.29, 0.717) is 13.0 Å². The maximum absolute atomic E-state index is 12.7. The number of benzene rings is 1. The van der Waals surface area contributed by atoms with Crippen molar-refractivity contribution in [1.29, 1.82) is 0 Å². The van der Waals surface area contributed by atoms with Crippen molar-refractivity contribution in [2.75, 3.05) is 6.61 Å². The van der Waals surface area contributed by atoms with Crippen molar-refractivity contribution >= 4 is 12.1 Å². The minimum atomic E-state index is -0.891. The molecule has 2 saturated heterocycles. The second-order valence-electron chi connectivity index (χ2n) is 6.75. The van der Waals surface area contributed by atoms with Crippen molar-refractivity contribution < 1.29 is 23.8 Å². The fourth-order valence-corrected chi connectivity index (χ4v) is 4.01. The van der Waals surface area contributed by atoms with Crippen molar-refractivity contribution in [1.82, 2.24) is 10.6 Å². The van der Waals surface area contributed by atoms with Crippen LogP contribution in [0.2, 0.25) is 0 Å². The van der Waals surface area contributed by atoms with Gasteiger partial charge in [0, 0.05) is 13.0 Å². The highest BCUT2D eigenvalue weighted by atomic mass is 16.6. The van der Waals surface area contributed by atoms with Gasteiger partial charge in [-0.05, 0) is 12.5 Å². The van der Waals surface area contributed by atoms with Crippen molar-refractivity contribution in [3.8, 4) is 0 Å². The van der Waals surface area contributed by atoms with Gasteiger partial charge in [-0.1, -0.05) is 42.5 Å². The standard InChI is InChI=1S/C19H22N2O5/c1-2-24-17(22)15(20-11-12-6-4-3-5-7-12)16-19(26-18(23)21-16)10-13-8-9-14(19)25-13/h3-9,13-16,20H,2,10-11H2,1H3,(H,21,23)/t13-,14+,15-,16+,19-/m1/s1. The van der Waals surface area contributed by atoms with E-state index in [-0.39, 0.29) is 18.8 Å². The Labute approximate surface area is 151 Å². The van der Waals surface area contributed by atoms with Gasteiger partial charge in [0.15, 0.2) is 5.60 Å². The maximum Gasteiger partial charge on any atom is 0.408 e. The molecule has 2 N–H and O–H groups in total. The number of fused-ring (bicyclic) bond motifs is 3. The van der Waals surface area contributed by atoms with E-state index < -0.39 is 29.7 Å². The molecule has 3 aliphatic heterocycles. The van der Waals surface area contributed by atoms with Gasteiger partial charge in [-0.3, -0.25) is 10.1 Å². The van der Waals surface area contributed by atoms with E-state index in [4.69, 9.17) is 14.2 Å². The largest absolute Gasteiger partial charge is 0.465 e. The molecule has 1 spiro atoms. The van der Waals surface area contributed by atoms with Gasteiger partial charge in [-0.25, -0.2) is 4.79 Å². The first-order chi connectivity index (χ1) is 12.6. The summed E-state index contributed by atoms with van der Waals surface area (Å²) in [6.45, 7) is 2.49. The molecular weight excluding hydrogens is 336 g/mol. The molecule has 0 radical (unpaired) electrons. The summed E-state index contributed by atoms with van der Waals surface area (Å²) in [5, 5.41) is 6.05. The van der Waals surface area contributed by atoms with E-state index >= 15 is 0 Å². The van der Waals surface area contributed by atoms with E-state index in [2.05, 4.69) is 10.6 Å². The van der Waals surface area contributed by atoms with Gasteiger partial charge in [-0.2, -0.15) is 0 Å². The molecule has 138 valence electrons. The van der Waals surface area contributed by atoms with Crippen molar-refractivity contribution in [3.63, 3.8) is 0 Å². The average Bonchev–Trinajstić information content (AvgIpc) is 3.31. The van der Waals surface area contributed by atoms with Gasteiger partial charge in [0.25, 0.3) is 0 Å². The average molecular weight is 358 g/mol. The maximum atomic E-state index is 12.7. The third-order valence-electron chi connectivity index (χ3n) is 5.15. The first-order valence-corrected chi connectivity index (χ1v) is 8.89. The summed E-state index contributed by atoms with van der Waals surface area (Å²) in [6.07, 6.45) is 3.42. The second-order valence-corrected chi connectivity index (χ2v) is 6.75. The van der Waals surface area contributed by atoms with Crippen molar-refractivity contribution in [2.24, 2.45) is 0 Å². The van der Waals surface area contributed by atoms with Crippen LogP contribution in [-0.4, -0.2) is 48.6 Å². The Bertz CT molecular complexity index is 722. The fourth-order valence-electron chi connectivity index (χ4n) is 4.01. The molecule has 4 rings (SSSR count). The molecule has 1 aromatic rings. The number of hydrogen-bond donors (Lipinski definition) is 2. The molecule has 5 atom stereocenters. The highest BCUT2D eigenvalue weighted by Gasteiger charge is 2.64. The zero-order valence-corrected chi connectivity index (χ0v) is 14.5. The Morgan fingerprint density at radius 1 is 1.38 bits per heavy atom. The van der Waals surface area contributed by atoms with Gasteiger partial charge < -0.3 is 19.5 Å². The Kier molecular flexibility index (Phi) is 4.42. The van der Waals surface area contributed by atoms with Crippen LogP contribution in [0.15, 0.2) is 42.5 Å². The number of alkyl carbamates (subject to hydrolysis) is 1. The van der Waals surface area contributed by atoms with Gasteiger partial charge >= 0.3 is 12.1 Å². The van der Waals surface area contributed by atoms with E-state index in [9.17, 15) is 9.59 Å². The predicted octanol–water partition coefficient (Wildman–Crippen LogP) is 1.28. The normalized spacial score (nSPS) is 32.5. The number of carbonyl (C=O) groups excluding carboxylic acids is 2. The van der Waals surface area contributed by atoms with Crippen LogP contribution in [0.25, 0.3) is 0 Å². The fraction of sp³-hybridized carbons (Fsp3) is 0.474. The van der Waals surface area contributed by atoms with Gasteiger partial charge in [0.1, 0.15) is 18.2 Å². The highest BCUT2D eigenvalue weighted by Crippen LogP contribution is 2.45. The minimum Gasteiger partial charge on any atom is -0.465 e. The molecule has 0 saturated carbocycles. The molecule has 2 fully saturated rings. The zero-order chi connectivity index (χ0) is 18.1. The summed E-state index contributed by atoms with van der Waals surface area (Å²) in [6, 6.07) is 8.44. The smallest absolute Gasteiger partial charge is 0.408 e. The number of rotatable bonds is 6. The van der Waals surface area contributed by atoms with E-state index in [0.717, 1.165) is 5.56 Å². The van der Waals surface area contributed by atoms with Crippen LogP contribution >= 0.6 is 0 Å². The summed E-state index contributed by atoms with van der Waals surface area (Å²) < 4.78 is 16.7. The minimum absolute atomic E-state index is 0.0906. The third-order valence-corrected chi connectivity index (χ3v) is 5.15. The van der Waals surface area contributed by atoms with Crippen LogP contribution in [0.4, 0.5) is 4.79 Å². The number of carbonyl (C=O) groups is 2. The number of ether oxygens (including phenoxy) is 3. The molecule has 2 bridgehead atoms. The molecule has 3 heterocycles. The molecule has 1 amide bonds. The topological polar surface area (TPSA) is 85.9 Å². The van der Waals surface area contributed by atoms with Crippen LogP contribution in [0.3, 0.4) is 0 Å². The first kappa shape index (κ1) is 17.1. The lowest BCUT2D eigenvalue weighted by atomic mass is 9.79. The number of hydrogen-bond acceptors (Lipinski definition) is 6. The van der Waals surface area contributed by atoms with Gasteiger partial charge in [0.2, 0.25) is 0 Å². The molecule has 7 nitrogen and oxygen atoms in total. The summed E-state index contributed by atoms with van der Waals surface area (Å²) in [7, 11) is 0. The summed E-state index contributed by atoms with van der Waals surface area (Å²) in [5.41, 5.74) is 0.141. The Balaban J connectivity index is 1.59. The highest BCUT2D eigenvalue weighted by molar-refractivity contribution is 5.80. The van der Waals surface area contributed by atoms with Gasteiger partial charge in [-0.15, -0.1) is 0 Å². The van der Waals surface area contributed by atoms with E-state index in [1.807, 2.05) is 42.5 Å². The summed E-state index contributed by atoms with van der Waals surface area (Å²) in [4.78, 5) is 24.7.